The summed E-state index contributed by atoms with van der Waals surface area (Å²) < 4.78 is 31.7. The highest BCUT2D eigenvalue weighted by molar-refractivity contribution is 6.31. The number of nitrogens with two attached hydrogens (primary N) is 1. The molecule has 2 amide bonds. The van der Waals surface area contributed by atoms with E-state index in [9.17, 15) is 23.2 Å². The van der Waals surface area contributed by atoms with Gasteiger partial charge in [0.25, 0.3) is 5.56 Å². The minimum absolute atomic E-state index is 0.0463. The number of carbonyl (C=O) groups is 2. The van der Waals surface area contributed by atoms with Gasteiger partial charge in [-0.3, -0.25) is 19.0 Å². The maximum Gasteiger partial charge on any atom is 0.333 e. The normalized spacial score (nSPS) is 16.7. The maximum absolute atomic E-state index is 14.2. The number of aromatic nitrogens is 7. The van der Waals surface area contributed by atoms with Crippen molar-refractivity contribution in [3.63, 3.8) is 0 Å². The average Bonchev–Trinajstić information content (AvgIpc) is 3.64. The first-order valence-electron chi connectivity index (χ1n) is 14.5. The number of alkyl halides is 2. The number of benzene rings is 2. The highest BCUT2D eigenvalue weighted by Crippen LogP contribution is 2.37. The summed E-state index contributed by atoms with van der Waals surface area (Å²) in [5, 5.41) is 15.0. The second-order valence-electron chi connectivity index (χ2n) is 11.2. The van der Waals surface area contributed by atoms with Crippen LogP contribution in [0.25, 0.3) is 28.2 Å². The lowest BCUT2D eigenvalue weighted by atomic mass is 9.92. The number of halogens is 4. The van der Waals surface area contributed by atoms with E-state index >= 15 is 0 Å². The number of fused-ring (bicyclic) bond motifs is 4. The van der Waals surface area contributed by atoms with Crippen LogP contribution >= 0.6 is 23.2 Å². The molecule has 6 rings (SSSR count). The predicted octanol–water partition coefficient (Wildman–Crippen LogP) is 5.43. The molecule has 3 aromatic heterocycles. The molecule has 0 unspecified atom stereocenters. The van der Waals surface area contributed by atoms with Crippen LogP contribution in [-0.2, 0) is 16.0 Å². The standard InChI is InChI=1S/C31H27Cl2F2N9O3/c1-16-3-2-4-24(42-15-37-22(12-28(42)46)21-11-20(32)5-6-25(21)43-14-26(33)40-41-43)18-7-17(9-27(36)45)8-19(10-18)29-23(39-30(16)47)13-38-44(29)31(34)35/h5-8,10-16,24,31H,2-4,9H2,1H3,(H2,36,45)(H,39,47)/t16-,24+/m1/s1. The number of nitrogens with one attached hydrogen (secondary N) is 1. The summed E-state index contributed by atoms with van der Waals surface area (Å²) in [5.41, 5.74) is 7.76. The number of carbonyl (C=O) groups excluding carboxylic acids is 2. The minimum Gasteiger partial charge on any atom is -0.369 e. The number of nitrogens with zero attached hydrogens (tertiary/aromatic N) is 7. The van der Waals surface area contributed by atoms with Gasteiger partial charge in [-0.05, 0) is 54.3 Å². The number of primary amides is 1. The molecule has 16 heteroatoms. The minimum atomic E-state index is -3.02. The van der Waals surface area contributed by atoms with Crippen molar-refractivity contribution in [1.82, 2.24) is 34.3 Å². The van der Waals surface area contributed by atoms with Crippen LogP contribution in [0.4, 0.5) is 14.5 Å². The van der Waals surface area contributed by atoms with Gasteiger partial charge in [0, 0.05) is 28.1 Å². The molecule has 47 heavy (non-hydrogen) atoms. The van der Waals surface area contributed by atoms with Gasteiger partial charge in [-0.1, -0.05) is 47.8 Å². The van der Waals surface area contributed by atoms with Crippen LogP contribution in [0.5, 0.6) is 0 Å². The van der Waals surface area contributed by atoms with Gasteiger partial charge < -0.3 is 11.1 Å². The van der Waals surface area contributed by atoms with E-state index in [2.05, 4.69) is 25.7 Å². The van der Waals surface area contributed by atoms with Crippen molar-refractivity contribution < 1.29 is 18.4 Å². The first kappa shape index (κ1) is 32.0. The number of hydrogen-bond acceptors (Lipinski definition) is 7. The Morgan fingerprint density at radius 3 is 2.64 bits per heavy atom. The number of anilines is 1. The molecule has 1 aliphatic heterocycles. The molecular formula is C31H27Cl2F2N9O3. The zero-order valence-corrected chi connectivity index (χ0v) is 26.3. The Balaban J connectivity index is 1.51. The Kier molecular flexibility index (Phi) is 8.88. The molecule has 2 aromatic carbocycles. The molecule has 2 bridgehead atoms. The van der Waals surface area contributed by atoms with Crippen LogP contribution in [0.1, 0.15) is 49.9 Å². The summed E-state index contributed by atoms with van der Waals surface area (Å²) in [7, 11) is 0. The maximum atomic E-state index is 14.2. The quantitative estimate of drug-likeness (QED) is 0.242. The van der Waals surface area contributed by atoms with E-state index < -0.39 is 30.0 Å². The van der Waals surface area contributed by atoms with E-state index in [0.29, 0.717) is 57.0 Å². The van der Waals surface area contributed by atoms with Gasteiger partial charge in [0.2, 0.25) is 11.8 Å². The van der Waals surface area contributed by atoms with Gasteiger partial charge in [-0.15, -0.1) is 5.10 Å². The summed E-state index contributed by atoms with van der Waals surface area (Å²) in [6.07, 6.45) is 5.24. The highest BCUT2D eigenvalue weighted by Gasteiger charge is 2.26. The van der Waals surface area contributed by atoms with Gasteiger partial charge in [0.1, 0.15) is 0 Å². The number of hydrogen-bond donors (Lipinski definition) is 2. The fourth-order valence-electron chi connectivity index (χ4n) is 5.78. The van der Waals surface area contributed by atoms with E-state index in [1.807, 2.05) is 0 Å². The van der Waals surface area contributed by atoms with Gasteiger partial charge >= 0.3 is 6.55 Å². The molecule has 0 fully saturated rings. The Labute approximate surface area is 276 Å². The topological polar surface area (TPSA) is 156 Å². The van der Waals surface area contributed by atoms with Crippen molar-refractivity contribution in [2.75, 3.05) is 5.32 Å². The predicted molar refractivity (Wildman–Crippen MR) is 170 cm³/mol. The smallest absolute Gasteiger partial charge is 0.333 e. The lowest BCUT2D eigenvalue weighted by Crippen LogP contribution is -2.27. The van der Waals surface area contributed by atoms with E-state index in [4.69, 9.17) is 28.9 Å². The van der Waals surface area contributed by atoms with Gasteiger partial charge in [-0.25, -0.2) is 14.3 Å². The van der Waals surface area contributed by atoms with Crippen molar-refractivity contribution in [2.45, 2.75) is 45.2 Å². The zero-order chi connectivity index (χ0) is 33.4. The van der Waals surface area contributed by atoms with Crippen LogP contribution in [0.2, 0.25) is 10.2 Å². The van der Waals surface area contributed by atoms with Crippen molar-refractivity contribution in [3.8, 4) is 28.2 Å². The fraction of sp³-hybridized carbons (Fsp3) is 0.258. The number of rotatable bonds is 6. The van der Waals surface area contributed by atoms with Crippen molar-refractivity contribution in [3.05, 3.63) is 92.8 Å². The Morgan fingerprint density at radius 2 is 1.94 bits per heavy atom. The monoisotopic (exact) mass is 681 g/mol. The third kappa shape index (κ3) is 6.65. The molecule has 242 valence electrons. The highest BCUT2D eigenvalue weighted by atomic mass is 35.5. The average molecular weight is 683 g/mol. The first-order chi connectivity index (χ1) is 22.5. The van der Waals surface area contributed by atoms with Gasteiger partial charge in [-0.2, -0.15) is 13.9 Å². The fourth-order valence-corrected chi connectivity index (χ4v) is 6.08. The van der Waals surface area contributed by atoms with E-state index in [1.54, 1.807) is 43.3 Å². The Morgan fingerprint density at radius 1 is 1.13 bits per heavy atom. The molecule has 12 nitrogen and oxygen atoms in total. The second-order valence-corrected chi connectivity index (χ2v) is 12.1. The Bertz CT molecular complexity index is 2060. The largest absolute Gasteiger partial charge is 0.369 e. The van der Waals surface area contributed by atoms with Crippen molar-refractivity contribution in [2.24, 2.45) is 11.7 Å². The molecule has 0 saturated heterocycles. The number of amides is 2. The molecule has 5 aromatic rings. The molecule has 2 atom stereocenters. The van der Waals surface area contributed by atoms with E-state index in [0.717, 1.165) is 0 Å². The summed E-state index contributed by atoms with van der Waals surface area (Å²) in [6.45, 7) is -1.28. The summed E-state index contributed by atoms with van der Waals surface area (Å²) in [4.78, 5) is 43.5. The van der Waals surface area contributed by atoms with Gasteiger partial charge in [0.05, 0.1) is 53.9 Å². The SMILES string of the molecule is C[C@@H]1CCC[C@H](n2cnc(-c3cc(Cl)ccc3-n3cc(Cl)nn3)cc2=O)c2cc(CC(N)=O)cc(c2)-c2c(cnn2C(F)F)NC1=O. The lowest BCUT2D eigenvalue weighted by molar-refractivity contribution is -0.119. The molecule has 1 aliphatic rings. The second kappa shape index (κ2) is 13.0. The zero-order valence-electron chi connectivity index (χ0n) is 24.8. The van der Waals surface area contributed by atoms with Crippen molar-refractivity contribution in [1.29, 1.82) is 0 Å². The van der Waals surface area contributed by atoms with Crippen LogP contribution < -0.4 is 16.6 Å². The molecule has 4 heterocycles. The third-order valence-corrected chi connectivity index (χ3v) is 8.38. The van der Waals surface area contributed by atoms with Crippen LogP contribution in [0, 0.1) is 5.92 Å². The van der Waals surface area contributed by atoms with Crippen molar-refractivity contribution >= 4 is 40.7 Å². The Hall–Kier alpha value is -4.95. The molecule has 0 saturated carbocycles. The van der Waals surface area contributed by atoms with E-state index in [1.165, 1.54) is 34.0 Å². The lowest BCUT2D eigenvalue weighted by Gasteiger charge is -2.24. The summed E-state index contributed by atoms with van der Waals surface area (Å²) in [5.74, 6) is -1.46. The molecule has 0 radical (unpaired) electrons. The first-order valence-corrected chi connectivity index (χ1v) is 15.3. The third-order valence-electron chi connectivity index (χ3n) is 7.97. The molecule has 0 aliphatic carbocycles. The van der Waals surface area contributed by atoms with Crippen LogP contribution in [0.15, 0.2) is 66.0 Å². The summed E-state index contributed by atoms with van der Waals surface area (Å²) in [6, 6.07) is 10.6. The van der Waals surface area contributed by atoms with Gasteiger partial charge in [0.15, 0.2) is 5.15 Å². The van der Waals surface area contributed by atoms with Crippen LogP contribution in [-0.4, -0.2) is 46.1 Å². The van der Waals surface area contributed by atoms with Crippen LogP contribution in [0.3, 0.4) is 0 Å². The molecule has 3 N–H and O–H groups in total. The molecule has 0 spiro atoms. The molecular weight excluding hydrogens is 655 g/mol. The van der Waals surface area contributed by atoms with E-state index in [-0.39, 0.29) is 34.4 Å². The summed E-state index contributed by atoms with van der Waals surface area (Å²) >= 11 is 12.3.